The van der Waals surface area contributed by atoms with Crippen molar-refractivity contribution in [3.8, 4) is 0 Å². The lowest BCUT2D eigenvalue weighted by molar-refractivity contribution is -0.384. The minimum atomic E-state index is -0.804. The molecule has 0 saturated carbocycles. The maximum absolute atomic E-state index is 11.7. The van der Waals surface area contributed by atoms with Crippen LogP contribution < -0.4 is 5.73 Å². The Labute approximate surface area is 108 Å². The number of non-ortho nitro benzene ring substituents is 1. The number of carbonyl (C=O) groups is 2. The van der Waals surface area contributed by atoms with Crippen LogP contribution in [-0.2, 0) is 14.3 Å². The van der Waals surface area contributed by atoms with Gasteiger partial charge in [-0.15, -0.1) is 0 Å². The first-order valence-corrected chi connectivity index (χ1v) is 5.38. The zero-order valence-corrected chi connectivity index (χ0v) is 10.2. The number of nitro benzene ring substituents is 1. The van der Waals surface area contributed by atoms with Crippen LogP contribution in [0.25, 0.3) is 5.57 Å². The van der Waals surface area contributed by atoms with Crippen molar-refractivity contribution in [2.24, 2.45) is 5.73 Å². The van der Waals surface area contributed by atoms with Gasteiger partial charge in [-0.2, -0.15) is 0 Å². The Balaban J connectivity index is 3.15. The molecule has 7 heteroatoms. The van der Waals surface area contributed by atoms with E-state index >= 15 is 0 Å². The lowest BCUT2D eigenvalue weighted by atomic mass is 10.1. The monoisotopic (exact) mass is 264 g/mol. The van der Waals surface area contributed by atoms with Crippen molar-refractivity contribution in [2.45, 2.75) is 6.92 Å². The first kappa shape index (κ1) is 14.4. The molecule has 7 nitrogen and oxygen atoms in total. The number of amides is 1. The van der Waals surface area contributed by atoms with Crippen LogP contribution in [0.4, 0.5) is 5.69 Å². The van der Waals surface area contributed by atoms with Crippen molar-refractivity contribution in [1.29, 1.82) is 0 Å². The average Bonchev–Trinajstić information content (AvgIpc) is 2.36. The molecule has 2 N–H and O–H groups in total. The van der Waals surface area contributed by atoms with Gasteiger partial charge in [-0.05, 0) is 24.6 Å². The summed E-state index contributed by atoms with van der Waals surface area (Å²) in [5.41, 5.74) is 5.18. The topological polar surface area (TPSA) is 113 Å². The molecule has 100 valence electrons. The van der Waals surface area contributed by atoms with Gasteiger partial charge in [0.25, 0.3) is 5.69 Å². The maximum atomic E-state index is 11.7. The number of rotatable bonds is 5. The third kappa shape index (κ3) is 3.91. The summed E-state index contributed by atoms with van der Waals surface area (Å²) in [5.74, 6) is -1.52. The van der Waals surface area contributed by atoms with Crippen molar-refractivity contribution >= 4 is 23.1 Å². The van der Waals surface area contributed by atoms with Gasteiger partial charge < -0.3 is 10.5 Å². The molecule has 0 unspecified atom stereocenters. The Morgan fingerprint density at radius 2 is 1.95 bits per heavy atom. The number of hydrogen-bond acceptors (Lipinski definition) is 5. The van der Waals surface area contributed by atoms with Crippen LogP contribution in [-0.4, -0.2) is 23.4 Å². The van der Waals surface area contributed by atoms with E-state index in [9.17, 15) is 19.7 Å². The molecule has 0 aliphatic carbocycles. The standard InChI is InChI=1S/C12H12N2O5/c1-2-19-12(16)10(7-11(13)15)8-3-5-9(6-4-8)14(17)18/h3-7H,2H2,1H3,(H2,13,15). The summed E-state index contributed by atoms with van der Waals surface area (Å²) in [6.45, 7) is 1.76. The minimum Gasteiger partial charge on any atom is -0.462 e. The number of hydrogen-bond donors (Lipinski definition) is 1. The van der Waals surface area contributed by atoms with Gasteiger partial charge in [0.15, 0.2) is 0 Å². The van der Waals surface area contributed by atoms with E-state index in [0.29, 0.717) is 5.56 Å². The van der Waals surface area contributed by atoms with E-state index in [4.69, 9.17) is 10.5 Å². The molecule has 0 bridgehead atoms. The summed E-state index contributed by atoms with van der Waals surface area (Å²) in [6.07, 6.45) is 0.930. The number of nitro groups is 1. The van der Waals surface area contributed by atoms with Gasteiger partial charge in [-0.1, -0.05) is 0 Å². The van der Waals surface area contributed by atoms with Gasteiger partial charge in [-0.25, -0.2) is 4.79 Å². The fourth-order valence-electron chi connectivity index (χ4n) is 1.37. The summed E-state index contributed by atoms with van der Waals surface area (Å²) in [6, 6.07) is 5.15. The van der Waals surface area contributed by atoms with Gasteiger partial charge in [0.1, 0.15) is 0 Å². The maximum Gasteiger partial charge on any atom is 0.338 e. The first-order chi connectivity index (χ1) is 8.95. The molecule has 1 aromatic carbocycles. The second kappa shape index (κ2) is 6.29. The van der Waals surface area contributed by atoms with E-state index in [-0.39, 0.29) is 17.9 Å². The Morgan fingerprint density at radius 3 is 2.37 bits per heavy atom. The summed E-state index contributed by atoms with van der Waals surface area (Å²) in [5, 5.41) is 10.5. The second-order valence-electron chi connectivity index (χ2n) is 3.48. The van der Waals surface area contributed by atoms with Crippen LogP contribution in [0, 0.1) is 10.1 Å². The number of carbonyl (C=O) groups excluding carboxylic acids is 2. The van der Waals surface area contributed by atoms with Crippen molar-refractivity contribution < 1.29 is 19.2 Å². The van der Waals surface area contributed by atoms with Gasteiger partial charge in [0.05, 0.1) is 17.1 Å². The molecule has 1 rings (SSSR count). The molecule has 19 heavy (non-hydrogen) atoms. The number of primary amides is 1. The summed E-state index contributed by atoms with van der Waals surface area (Å²) < 4.78 is 4.79. The SMILES string of the molecule is CCOC(=O)C(=CC(N)=O)c1ccc([N+](=O)[O-])cc1. The third-order valence-corrected chi connectivity index (χ3v) is 2.17. The Bertz CT molecular complexity index is 534. The average molecular weight is 264 g/mol. The molecule has 1 aromatic rings. The second-order valence-corrected chi connectivity index (χ2v) is 3.48. The molecule has 0 heterocycles. The normalized spacial score (nSPS) is 10.9. The van der Waals surface area contributed by atoms with Gasteiger partial charge in [0.2, 0.25) is 5.91 Å². The molecule has 0 fully saturated rings. The Morgan fingerprint density at radius 1 is 1.37 bits per heavy atom. The molecule has 0 atom stereocenters. The minimum absolute atomic E-state index is 0.0377. The van der Waals surface area contributed by atoms with E-state index in [1.807, 2.05) is 0 Å². The Hall–Kier alpha value is -2.70. The van der Waals surface area contributed by atoms with E-state index in [1.165, 1.54) is 24.3 Å². The highest BCUT2D eigenvalue weighted by Gasteiger charge is 2.15. The predicted octanol–water partition coefficient (Wildman–Crippen LogP) is 1.03. The molecular weight excluding hydrogens is 252 g/mol. The predicted molar refractivity (Wildman–Crippen MR) is 66.9 cm³/mol. The number of nitrogens with two attached hydrogens (primary N) is 1. The molecule has 0 radical (unpaired) electrons. The van der Waals surface area contributed by atoms with Crippen LogP contribution in [0.15, 0.2) is 30.3 Å². The third-order valence-electron chi connectivity index (χ3n) is 2.17. The highest BCUT2D eigenvalue weighted by Crippen LogP contribution is 2.19. The highest BCUT2D eigenvalue weighted by atomic mass is 16.6. The van der Waals surface area contributed by atoms with Gasteiger partial charge in [0, 0.05) is 18.2 Å². The van der Waals surface area contributed by atoms with Crippen molar-refractivity contribution in [1.82, 2.24) is 0 Å². The van der Waals surface area contributed by atoms with Crippen LogP contribution in [0.5, 0.6) is 0 Å². The number of nitrogens with zero attached hydrogens (tertiary/aromatic N) is 1. The lowest BCUT2D eigenvalue weighted by Gasteiger charge is -2.06. The zero-order valence-electron chi connectivity index (χ0n) is 10.2. The van der Waals surface area contributed by atoms with E-state index in [1.54, 1.807) is 6.92 Å². The molecule has 0 spiro atoms. The largest absolute Gasteiger partial charge is 0.462 e. The first-order valence-electron chi connectivity index (χ1n) is 5.38. The van der Waals surface area contributed by atoms with Crippen LogP contribution >= 0.6 is 0 Å². The summed E-state index contributed by atoms with van der Waals surface area (Å²) in [7, 11) is 0. The van der Waals surface area contributed by atoms with Gasteiger partial charge >= 0.3 is 5.97 Å². The van der Waals surface area contributed by atoms with Crippen molar-refractivity contribution in [3.63, 3.8) is 0 Å². The summed E-state index contributed by atoms with van der Waals surface area (Å²) >= 11 is 0. The van der Waals surface area contributed by atoms with Crippen molar-refractivity contribution in [3.05, 3.63) is 46.0 Å². The van der Waals surface area contributed by atoms with Gasteiger partial charge in [-0.3, -0.25) is 14.9 Å². The zero-order chi connectivity index (χ0) is 14.4. The van der Waals surface area contributed by atoms with Crippen LogP contribution in [0.1, 0.15) is 12.5 Å². The van der Waals surface area contributed by atoms with E-state index in [2.05, 4.69) is 0 Å². The number of esters is 1. The number of benzene rings is 1. The van der Waals surface area contributed by atoms with Crippen LogP contribution in [0.3, 0.4) is 0 Å². The molecule has 1 amide bonds. The smallest absolute Gasteiger partial charge is 0.338 e. The van der Waals surface area contributed by atoms with Crippen LogP contribution in [0.2, 0.25) is 0 Å². The fraction of sp³-hybridized carbons (Fsp3) is 0.167. The lowest BCUT2D eigenvalue weighted by Crippen LogP contribution is -2.13. The fourth-order valence-corrected chi connectivity index (χ4v) is 1.37. The number of ether oxygens (including phenoxy) is 1. The highest BCUT2D eigenvalue weighted by molar-refractivity contribution is 6.20. The molecule has 0 aliphatic rings. The molecular formula is C12H12N2O5. The Kier molecular flexibility index (Phi) is 4.76. The quantitative estimate of drug-likeness (QED) is 0.369. The van der Waals surface area contributed by atoms with E-state index in [0.717, 1.165) is 6.08 Å². The van der Waals surface area contributed by atoms with E-state index < -0.39 is 16.8 Å². The summed E-state index contributed by atoms with van der Waals surface area (Å²) in [4.78, 5) is 32.5. The molecule has 0 saturated heterocycles. The molecule has 0 aliphatic heterocycles. The van der Waals surface area contributed by atoms with Crippen molar-refractivity contribution in [2.75, 3.05) is 6.61 Å². The molecule has 0 aromatic heterocycles.